The van der Waals surface area contributed by atoms with Crippen LogP contribution in [0, 0.1) is 6.92 Å². The van der Waals surface area contributed by atoms with E-state index in [0.29, 0.717) is 83.9 Å². The van der Waals surface area contributed by atoms with E-state index in [1.165, 1.54) is 0 Å². The van der Waals surface area contributed by atoms with E-state index in [-0.39, 0.29) is 11.7 Å². The molecule has 0 aliphatic carbocycles. The second-order valence-corrected chi connectivity index (χ2v) is 9.64. The van der Waals surface area contributed by atoms with E-state index in [1.807, 2.05) is 17.9 Å². The van der Waals surface area contributed by atoms with Crippen molar-refractivity contribution in [3.63, 3.8) is 0 Å². The summed E-state index contributed by atoms with van der Waals surface area (Å²) in [6.45, 7) is 3.42. The minimum Gasteiger partial charge on any atom is -0.492 e. The zero-order valence-corrected chi connectivity index (χ0v) is 20.0. The van der Waals surface area contributed by atoms with Gasteiger partial charge in [0.1, 0.15) is 17.1 Å². The van der Waals surface area contributed by atoms with Crippen LogP contribution in [0.4, 0.5) is 0 Å². The Kier molecular flexibility index (Phi) is 6.89. The average molecular weight is 497 g/mol. The molecule has 32 heavy (non-hydrogen) atoms. The van der Waals surface area contributed by atoms with E-state index in [9.17, 15) is 9.59 Å². The molecule has 2 aliphatic heterocycles. The minimum atomic E-state index is -0.546. The quantitative estimate of drug-likeness (QED) is 0.467. The van der Waals surface area contributed by atoms with Gasteiger partial charge in [0.15, 0.2) is 5.78 Å². The zero-order valence-electron chi connectivity index (χ0n) is 17.8. The number of fused-ring (bicyclic) bond motifs is 1. The third kappa shape index (κ3) is 5.00. The Bertz CT molecular complexity index is 1050. The monoisotopic (exact) mass is 495 g/mol. The Morgan fingerprint density at radius 1 is 1.12 bits per heavy atom. The van der Waals surface area contributed by atoms with Crippen LogP contribution >= 0.6 is 34.8 Å². The normalized spacial score (nSPS) is 17.1. The van der Waals surface area contributed by atoms with Crippen LogP contribution in [0.3, 0.4) is 0 Å². The molecule has 1 spiro atoms. The summed E-state index contributed by atoms with van der Waals surface area (Å²) in [6.07, 6.45) is 2.54. The summed E-state index contributed by atoms with van der Waals surface area (Å²) in [6, 6.07) is 8.58. The molecule has 0 aromatic heterocycles. The van der Waals surface area contributed by atoms with Gasteiger partial charge < -0.3 is 14.4 Å². The second-order valence-electron chi connectivity index (χ2n) is 8.39. The van der Waals surface area contributed by atoms with Gasteiger partial charge in [0.05, 0.1) is 23.6 Å². The van der Waals surface area contributed by atoms with Gasteiger partial charge >= 0.3 is 0 Å². The summed E-state index contributed by atoms with van der Waals surface area (Å²) in [4.78, 5) is 27.2. The molecule has 0 atom stereocenters. The van der Waals surface area contributed by atoms with Gasteiger partial charge in [-0.3, -0.25) is 9.59 Å². The topological polar surface area (TPSA) is 55.8 Å². The van der Waals surface area contributed by atoms with E-state index in [4.69, 9.17) is 44.3 Å². The highest BCUT2D eigenvalue weighted by Gasteiger charge is 2.43. The third-order valence-corrected chi connectivity index (χ3v) is 7.02. The van der Waals surface area contributed by atoms with Crippen molar-refractivity contribution >= 4 is 46.5 Å². The Morgan fingerprint density at radius 3 is 2.59 bits per heavy atom. The summed E-state index contributed by atoms with van der Waals surface area (Å²) in [5.41, 5.74) is 0.880. The maximum atomic E-state index is 12.7. The van der Waals surface area contributed by atoms with Crippen LogP contribution in [0.5, 0.6) is 11.5 Å². The molecule has 8 heteroatoms. The number of ketones is 1. The van der Waals surface area contributed by atoms with Gasteiger partial charge in [-0.15, -0.1) is 0 Å². The lowest BCUT2D eigenvalue weighted by Crippen LogP contribution is -2.52. The van der Waals surface area contributed by atoms with Crippen LogP contribution in [0.1, 0.15) is 48.0 Å². The molecule has 2 heterocycles. The zero-order chi connectivity index (χ0) is 22.9. The SMILES string of the molecule is Cc1cc2c(cc1Cl)C(=O)CC1(CCN(C(=O)CCCOc3ccc(Cl)cc3Cl)CC1)O2. The lowest BCUT2D eigenvalue weighted by Gasteiger charge is -2.44. The first-order valence-corrected chi connectivity index (χ1v) is 11.8. The largest absolute Gasteiger partial charge is 0.492 e. The number of ether oxygens (including phenoxy) is 2. The average Bonchev–Trinajstić information content (AvgIpc) is 2.74. The van der Waals surface area contributed by atoms with Gasteiger partial charge in [-0.1, -0.05) is 34.8 Å². The Labute approximate surface area is 202 Å². The fourth-order valence-electron chi connectivity index (χ4n) is 4.21. The van der Waals surface area contributed by atoms with E-state index in [2.05, 4.69) is 0 Å². The maximum absolute atomic E-state index is 12.7. The van der Waals surface area contributed by atoms with Crippen molar-refractivity contribution in [2.45, 2.75) is 44.6 Å². The first kappa shape index (κ1) is 23.2. The molecule has 0 radical (unpaired) electrons. The summed E-state index contributed by atoms with van der Waals surface area (Å²) in [5, 5.41) is 1.57. The standard InChI is InChI=1S/C24H24Cl3NO4/c1-15-11-22-17(13-18(15)26)20(29)14-24(32-22)6-8-28(9-7-24)23(30)3-2-10-31-21-5-4-16(25)12-19(21)27/h4-5,11-13H,2-3,6-10,14H2,1H3. The lowest BCUT2D eigenvalue weighted by molar-refractivity contribution is -0.135. The lowest BCUT2D eigenvalue weighted by atomic mass is 9.82. The minimum absolute atomic E-state index is 0.0472. The molecule has 4 rings (SSSR count). The van der Waals surface area contributed by atoms with Gasteiger partial charge in [0.2, 0.25) is 5.91 Å². The number of hydrogen-bond donors (Lipinski definition) is 0. The number of aryl methyl sites for hydroxylation is 1. The molecule has 1 saturated heterocycles. The number of benzene rings is 2. The number of halogens is 3. The van der Waals surface area contributed by atoms with Crippen LogP contribution in [-0.4, -0.2) is 41.9 Å². The van der Waals surface area contributed by atoms with Crippen LogP contribution < -0.4 is 9.47 Å². The number of rotatable bonds is 5. The predicted molar refractivity (Wildman–Crippen MR) is 126 cm³/mol. The Balaban J connectivity index is 1.27. The maximum Gasteiger partial charge on any atom is 0.222 e. The van der Waals surface area contributed by atoms with E-state index in [1.54, 1.807) is 24.3 Å². The molecular weight excluding hydrogens is 473 g/mol. The molecule has 2 aromatic carbocycles. The van der Waals surface area contributed by atoms with Crippen molar-refractivity contribution in [1.29, 1.82) is 0 Å². The second kappa shape index (κ2) is 9.50. The number of hydrogen-bond acceptors (Lipinski definition) is 4. The smallest absolute Gasteiger partial charge is 0.222 e. The number of carbonyl (C=O) groups is 2. The van der Waals surface area contributed by atoms with Crippen molar-refractivity contribution in [2.24, 2.45) is 0 Å². The summed E-state index contributed by atoms with van der Waals surface area (Å²) in [5.74, 6) is 1.28. The molecule has 0 N–H and O–H groups in total. The van der Waals surface area contributed by atoms with E-state index >= 15 is 0 Å². The highest BCUT2D eigenvalue weighted by atomic mass is 35.5. The molecule has 170 valence electrons. The summed E-state index contributed by atoms with van der Waals surface area (Å²) >= 11 is 18.1. The number of Topliss-reactive ketones (excluding diaryl/α,β-unsaturated/α-hetero) is 1. The first-order valence-electron chi connectivity index (χ1n) is 10.6. The molecule has 1 amide bonds. The summed E-state index contributed by atoms with van der Waals surface area (Å²) < 4.78 is 12.0. The molecule has 0 unspecified atom stereocenters. The van der Waals surface area contributed by atoms with E-state index < -0.39 is 5.60 Å². The number of piperidine rings is 1. The molecule has 5 nitrogen and oxygen atoms in total. The van der Waals surface area contributed by atoms with Crippen LogP contribution in [0.2, 0.25) is 15.1 Å². The van der Waals surface area contributed by atoms with Gasteiger partial charge in [-0.2, -0.15) is 0 Å². The number of likely N-dealkylation sites (tertiary alicyclic amines) is 1. The molecular formula is C24H24Cl3NO4. The van der Waals surface area contributed by atoms with Gasteiger partial charge in [0, 0.05) is 42.4 Å². The molecule has 0 bridgehead atoms. The number of nitrogens with zero attached hydrogens (tertiary/aromatic N) is 1. The van der Waals surface area contributed by atoms with Crippen molar-refractivity contribution < 1.29 is 19.1 Å². The molecule has 2 aliphatic rings. The fourth-order valence-corrected chi connectivity index (χ4v) is 4.84. The highest BCUT2D eigenvalue weighted by Crippen LogP contribution is 2.41. The van der Waals surface area contributed by atoms with Gasteiger partial charge in [-0.25, -0.2) is 0 Å². The summed E-state index contributed by atoms with van der Waals surface area (Å²) in [7, 11) is 0. The highest BCUT2D eigenvalue weighted by molar-refractivity contribution is 6.35. The van der Waals surface area contributed by atoms with Crippen LogP contribution in [0.15, 0.2) is 30.3 Å². The fraction of sp³-hybridized carbons (Fsp3) is 0.417. The van der Waals surface area contributed by atoms with Gasteiger partial charge in [0.25, 0.3) is 0 Å². The van der Waals surface area contributed by atoms with Crippen molar-refractivity contribution in [1.82, 2.24) is 4.90 Å². The van der Waals surface area contributed by atoms with Crippen molar-refractivity contribution in [3.05, 3.63) is 56.5 Å². The number of amides is 1. The predicted octanol–water partition coefficient (Wildman–Crippen LogP) is 6.14. The number of carbonyl (C=O) groups excluding carboxylic acids is 2. The molecule has 1 fully saturated rings. The van der Waals surface area contributed by atoms with E-state index in [0.717, 1.165) is 5.56 Å². The van der Waals surface area contributed by atoms with Crippen molar-refractivity contribution in [2.75, 3.05) is 19.7 Å². The van der Waals surface area contributed by atoms with Gasteiger partial charge in [-0.05, 0) is 49.2 Å². The molecule has 2 aromatic rings. The van der Waals surface area contributed by atoms with Crippen molar-refractivity contribution in [3.8, 4) is 11.5 Å². The van der Waals surface area contributed by atoms with Crippen LogP contribution in [-0.2, 0) is 4.79 Å². The Morgan fingerprint density at radius 2 is 1.88 bits per heavy atom. The molecule has 0 saturated carbocycles. The first-order chi connectivity index (χ1) is 15.3. The Hall–Kier alpha value is -1.95. The van der Waals surface area contributed by atoms with Crippen LogP contribution in [0.25, 0.3) is 0 Å². The third-order valence-electron chi connectivity index (χ3n) is 6.08.